The van der Waals surface area contributed by atoms with Gasteiger partial charge in [-0.15, -0.1) is 0 Å². The fourth-order valence-electron chi connectivity index (χ4n) is 4.78. The molecule has 2 aromatic carbocycles. The summed E-state index contributed by atoms with van der Waals surface area (Å²) in [6.07, 6.45) is 6.92. The van der Waals surface area contributed by atoms with Crippen molar-refractivity contribution in [2.75, 3.05) is 36.9 Å². The molecular weight excluding hydrogens is 521 g/mol. The van der Waals surface area contributed by atoms with E-state index in [4.69, 9.17) is 22.1 Å². The number of piperazine rings is 1. The van der Waals surface area contributed by atoms with Gasteiger partial charge in [0, 0.05) is 11.3 Å². The predicted octanol–water partition coefficient (Wildman–Crippen LogP) is 1.57. The van der Waals surface area contributed by atoms with Crippen molar-refractivity contribution in [3.8, 4) is 5.75 Å². The number of rotatable bonds is 8. The van der Waals surface area contributed by atoms with Gasteiger partial charge in [0.2, 0.25) is 0 Å². The minimum atomic E-state index is 0.207. The first-order chi connectivity index (χ1) is 15.1. The molecule has 0 amide bonds. The normalized spacial score (nSPS) is 21.9. The van der Waals surface area contributed by atoms with Crippen molar-refractivity contribution in [3.05, 3.63) is 62.2 Å². The summed E-state index contributed by atoms with van der Waals surface area (Å²) in [7, 11) is 1.63. The van der Waals surface area contributed by atoms with Crippen LogP contribution in [0.2, 0.25) is 5.02 Å². The van der Waals surface area contributed by atoms with Gasteiger partial charge in [0.1, 0.15) is 5.75 Å². The van der Waals surface area contributed by atoms with Crippen LogP contribution in [0, 0.1) is 3.57 Å². The zero-order chi connectivity index (χ0) is 21.8. The summed E-state index contributed by atoms with van der Waals surface area (Å²) >= 11 is 6.36. The number of nitrogens with two attached hydrogens (primary N) is 1. The molecule has 4 nitrogen and oxygen atoms in total. The van der Waals surface area contributed by atoms with Crippen LogP contribution in [-0.2, 0) is 6.54 Å². The van der Waals surface area contributed by atoms with E-state index in [0.717, 1.165) is 31.7 Å². The summed E-state index contributed by atoms with van der Waals surface area (Å²) in [5.74, 6) is 0.661. The van der Waals surface area contributed by atoms with Gasteiger partial charge >= 0.3 is 139 Å². The Morgan fingerprint density at radius 3 is 2.52 bits per heavy atom. The van der Waals surface area contributed by atoms with E-state index in [0.29, 0.717) is 28.5 Å². The Hall–Kier alpha value is -1.28. The number of likely N-dealkylation sites (tertiary alicyclic amines) is 1. The van der Waals surface area contributed by atoms with Crippen LogP contribution >= 0.6 is 11.6 Å². The molecule has 6 heteroatoms. The van der Waals surface area contributed by atoms with E-state index < -0.39 is 0 Å². The third kappa shape index (κ3) is 5.56. The Bertz CT molecular complexity index is 904. The zero-order valence-corrected chi connectivity index (χ0v) is 21.3. The third-order valence-electron chi connectivity index (χ3n) is 6.29. The third-order valence-corrected chi connectivity index (χ3v) is 8.95. The first-order valence-corrected chi connectivity index (χ1v) is 14.0. The summed E-state index contributed by atoms with van der Waals surface area (Å²) in [4.78, 5) is 5.32. The first kappa shape index (κ1) is 22.9. The number of fused-ring (bicyclic) bond motifs is 2. The summed E-state index contributed by atoms with van der Waals surface area (Å²) < 4.78 is 8.20. The maximum absolute atomic E-state index is 6.16. The van der Waals surface area contributed by atoms with Gasteiger partial charge in [0.25, 0.3) is 0 Å². The number of hydrogen-bond acceptors (Lipinski definition) is 4. The van der Waals surface area contributed by atoms with Crippen LogP contribution in [0.5, 0.6) is 5.75 Å². The number of nitrogens with zero attached hydrogens (tertiary/aromatic N) is 2. The number of anilines is 1. The Morgan fingerprint density at radius 1 is 1.16 bits per heavy atom. The number of alkyl halides is 1. The molecule has 2 aromatic rings. The Balaban J connectivity index is 1.34. The van der Waals surface area contributed by atoms with E-state index in [9.17, 15) is 0 Å². The number of ether oxygens (including phenoxy) is 1. The maximum atomic E-state index is 6.16. The summed E-state index contributed by atoms with van der Waals surface area (Å²) in [5, 5.41) is 0.549. The molecule has 168 valence electrons. The second-order valence-corrected chi connectivity index (χ2v) is 12.3. The molecule has 2 N–H and O–H groups in total. The summed E-state index contributed by atoms with van der Waals surface area (Å²) in [6, 6.07) is 14.3. The van der Waals surface area contributed by atoms with Crippen molar-refractivity contribution in [1.82, 2.24) is 9.80 Å². The zero-order valence-electron chi connectivity index (χ0n) is 18.4. The standard InChI is InChI=1S/C25H32ClIN3O/c1-3-27-20-8-6-18(7-9-20)15-29-16-21-10-11-22(17-29)30(21)12-4-5-19-13-25(31-2)23(26)14-24(19)28/h4-9,13-14,21-22H,3,10-12,15-17,28H2,1-2H3/q-1/b5-4+. The summed E-state index contributed by atoms with van der Waals surface area (Å²) in [5.41, 5.74) is 9.23. The first-order valence-electron chi connectivity index (χ1n) is 11.0. The van der Waals surface area contributed by atoms with Crippen molar-refractivity contribution in [2.24, 2.45) is 0 Å². The van der Waals surface area contributed by atoms with Gasteiger partial charge < -0.3 is 10.5 Å². The van der Waals surface area contributed by atoms with Gasteiger partial charge in [0.05, 0.1) is 12.1 Å². The molecule has 2 saturated heterocycles. The van der Waals surface area contributed by atoms with Gasteiger partial charge in [-0.25, -0.2) is 0 Å². The molecule has 2 unspecified atom stereocenters. The summed E-state index contributed by atoms with van der Waals surface area (Å²) in [6.45, 7) is 6.63. The second-order valence-electron chi connectivity index (χ2n) is 8.32. The molecule has 0 radical (unpaired) electrons. The number of halogens is 2. The van der Waals surface area contributed by atoms with Gasteiger partial charge in [-0.05, 0) is 12.1 Å². The molecule has 2 bridgehead atoms. The predicted molar refractivity (Wildman–Crippen MR) is 126 cm³/mol. The van der Waals surface area contributed by atoms with Crippen molar-refractivity contribution < 1.29 is 25.9 Å². The number of methoxy groups -OCH3 is 1. The Morgan fingerprint density at radius 2 is 1.87 bits per heavy atom. The van der Waals surface area contributed by atoms with Crippen LogP contribution in [0.25, 0.3) is 6.08 Å². The molecule has 2 aliphatic rings. The van der Waals surface area contributed by atoms with Gasteiger partial charge in [-0.2, -0.15) is 0 Å². The van der Waals surface area contributed by atoms with Crippen LogP contribution in [0.1, 0.15) is 30.9 Å². The molecule has 4 rings (SSSR count). The molecule has 2 heterocycles. The van der Waals surface area contributed by atoms with E-state index in [1.54, 1.807) is 16.7 Å². The quantitative estimate of drug-likeness (QED) is 0.307. The average molecular weight is 553 g/mol. The Labute approximate surface area is 201 Å². The SMILES string of the molecule is CC[I-]c1ccc(CN2CC3CCC(C2)N3C/C=C/c2cc(OC)c(Cl)cc2N)cc1. The number of benzene rings is 2. The van der Waals surface area contributed by atoms with E-state index in [-0.39, 0.29) is 21.2 Å². The van der Waals surface area contributed by atoms with Gasteiger partial charge in [-0.3, -0.25) is 0 Å². The minimum absolute atomic E-state index is 0.207. The van der Waals surface area contributed by atoms with Crippen LogP contribution in [0.15, 0.2) is 42.5 Å². The van der Waals surface area contributed by atoms with Crippen molar-refractivity contribution in [3.63, 3.8) is 0 Å². The van der Waals surface area contributed by atoms with Crippen LogP contribution < -0.4 is 31.7 Å². The molecule has 0 aromatic heterocycles. The molecule has 2 aliphatic heterocycles. The van der Waals surface area contributed by atoms with Crippen molar-refractivity contribution in [2.45, 2.75) is 38.4 Å². The monoisotopic (exact) mass is 552 g/mol. The molecule has 0 saturated carbocycles. The van der Waals surface area contributed by atoms with Crippen LogP contribution in [0.3, 0.4) is 0 Å². The fraction of sp³-hybridized carbons (Fsp3) is 0.440. The molecular formula is C25H32ClIN3O-. The molecule has 2 fully saturated rings. The van der Waals surface area contributed by atoms with Crippen LogP contribution in [-0.4, -0.2) is 53.1 Å². The number of hydrogen-bond donors (Lipinski definition) is 1. The number of nitrogen functional groups attached to an aromatic ring is 1. The van der Waals surface area contributed by atoms with Gasteiger partial charge in [-0.1, -0.05) is 11.6 Å². The van der Waals surface area contributed by atoms with E-state index >= 15 is 0 Å². The van der Waals surface area contributed by atoms with Crippen LogP contribution in [0.4, 0.5) is 5.69 Å². The molecule has 2 atom stereocenters. The van der Waals surface area contributed by atoms with E-state index in [1.807, 2.05) is 6.07 Å². The molecule has 0 aliphatic carbocycles. The topological polar surface area (TPSA) is 41.7 Å². The fourth-order valence-corrected chi connectivity index (χ4v) is 6.78. The molecule has 31 heavy (non-hydrogen) atoms. The van der Waals surface area contributed by atoms with Gasteiger partial charge in [0.15, 0.2) is 0 Å². The average Bonchev–Trinajstić information content (AvgIpc) is 2.99. The molecule has 0 spiro atoms. The second kappa shape index (κ2) is 10.6. The van der Waals surface area contributed by atoms with E-state index in [2.05, 4.69) is 53.1 Å². The Kier molecular flexibility index (Phi) is 7.80. The van der Waals surface area contributed by atoms with E-state index in [1.165, 1.54) is 22.8 Å². The van der Waals surface area contributed by atoms with Crippen molar-refractivity contribution >= 4 is 23.4 Å². The van der Waals surface area contributed by atoms with Crippen molar-refractivity contribution in [1.29, 1.82) is 0 Å².